The van der Waals surface area contributed by atoms with Crippen molar-refractivity contribution in [2.45, 2.75) is 20.4 Å². The highest BCUT2D eigenvalue weighted by molar-refractivity contribution is 6.35. The zero-order chi connectivity index (χ0) is 21.4. The van der Waals surface area contributed by atoms with Crippen LogP contribution in [-0.4, -0.2) is 17.1 Å². The first-order chi connectivity index (χ1) is 15.1. The molecule has 4 heteroatoms. The van der Waals surface area contributed by atoms with Gasteiger partial charge in [0.05, 0.1) is 6.54 Å². The van der Waals surface area contributed by atoms with Gasteiger partial charge in [-0.3, -0.25) is 4.79 Å². The Kier molecular flexibility index (Phi) is 4.83. The van der Waals surface area contributed by atoms with E-state index in [1.54, 1.807) is 0 Å². The van der Waals surface area contributed by atoms with Crippen LogP contribution >= 0.6 is 0 Å². The Labute approximate surface area is 181 Å². The average molecular weight is 409 g/mol. The van der Waals surface area contributed by atoms with Crippen LogP contribution < -0.4 is 10.1 Å². The third kappa shape index (κ3) is 3.61. The van der Waals surface area contributed by atoms with Crippen molar-refractivity contribution in [3.63, 3.8) is 0 Å². The number of nitrogens with zero attached hydrogens (tertiary/aromatic N) is 1. The number of nitrogens with one attached hydrogen (secondary N) is 1. The maximum Gasteiger partial charge on any atom is 0.256 e. The number of hydrogen-bond donors (Lipinski definition) is 1. The van der Waals surface area contributed by atoms with Gasteiger partial charge in [0, 0.05) is 39.5 Å². The van der Waals surface area contributed by atoms with Crippen LogP contribution in [0.2, 0.25) is 0 Å². The van der Waals surface area contributed by atoms with Crippen molar-refractivity contribution in [2.75, 3.05) is 11.9 Å². The summed E-state index contributed by atoms with van der Waals surface area (Å²) in [5.41, 5.74) is 7.00. The number of amides is 1. The van der Waals surface area contributed by atoms with E-state index in [4.69, 9.17) is 4.74 Å². The lowest BCUT2D eigenvalue weighted by molar-refractivity contribution is -0.110. The van der Waals surface area contributed by atoms with Crippen molar-refractivity contribution in [2.24, 2.45) is 0 Å². The lowest BCUT2D eigenvalue weighted by Crippen LogP contribution is -2.08. The fourth-order valence-electron chi connectivity index (χ4n) is 4.13. The molecule has 1 aliphatic rings. The quantitative estimate of drug-likeness (QED) is 0.422. The molecule has 154 valence electrons. The predicted molar refractivity (Wildman–Crippen MR) is 126 cm³/mol. The number of carbonyl (C=O) groups excluding carboxylic acids is 1. The number of hydrogen-bond acceptors (Lipinski definition) is 2. The van der Waals surface area contributed by atoms with Gasteiger partial charge < -0.3 is 14.6 Å². The van der Waals surface area contributed by atoms with E-state index >= 15 is 0 Å². The number of anilines is 1. The Bertz CT molecular complexity index is 1330. The Balaban J connectivity index is 1.45. The monoisotopic (exact) mass is 408 g/mol. The van der Waals surface area contributed by atoms with E-state index in [-0.39, 0.29) is 5.91 Å². The Morgan fingerprint density at radius 3 is 2.71 bits per heavy atom. The van der Waals surface area contributed by atoms with Crippen molar-refractivity contribution >= 4 is 34.1 Å². The Morgan fingerprint density at radius 1 is 1.00 bits per heavy atom. The Hall–Kier alpha value is -3.79. The largest absolute Gasteiger partial charge is 0.491 e. The summed E-state index contributed by atoms with van der Waals surface area (Å²) in [4.78, 5) is 12.6. The molecule has 4 nitrogen and oxygen atoms in total. The molecule has 2 heterocycles. The molecule has 1 aromatic heterocycles. The summed E-state index contributed by atoms with van der Waals surface area (Å²) in [5, 5.41) is 4.07. The number of benzene rings is 3. The maximum atomic E-state index is 12.6. The fourth-order valence-corrected chi connectivity index (χ4v) is 4.13. The topological polar surface area (TPSA) is 43.3 Å². The van der Waals surface area contributed by atoms with Gasteiger partial charge in [0.1, 0.15) is 12.4 Å². The highest BCUT2D eigenvalue weighted by Crippen LogP contribution is 2.34. The van der Waals surface area contributed by atoms with Crippen LogP contribution in [0.15, 0.2) is 72.9 Å². The second-order valence-electron chi connectivity index (χ2n) is 7.97. The van der Waals surface area contributed by atoms with E-state index in [1.165, 1.54) is 5.56 Å². The molecule has 0 fully saturated rings. The summed E-state index contributed by atoms with van der Waals surface area (Å²) in [6.45, 7) is 5.43. The first-order valence-corrected chi connectivity index (χ1v) is 10.5. The summed E-state index contributed by atoms with van der Waals surface area (Å²) in [6.07, 6.45) is 4.10. The molecule has 0 unspecified atom stereocenters. The third-order valence-electron chi connectivity index (χ3n) is 5.76. The fraction of sp³-hybridized carbons (Fsp3) is 0.148. The minimum atomic E-state index is -0.0590. The Morgan fingerprint density at radius 2 is 1.81 bits per heavy atom. The van der Waals surface area contributed by atoms with Gasteiger partial charge in [-0.25, -0.2) is 0 Å². The zero-order valence-corrected chi connectivity index (χ0v) is 17.7. The van der Waals surface area contributed by atoms with E-state index in [0.29, 0.717) is 12.2 Å². The van der Waals surface area contributed by atoms with E-state index in [9.17, 15) is 4.79 Å². The summed E-state index contributed by atoms with van der Waals surface area (Å²) in [5.74, 6) is 0.870. The lowest BCUT2D eigenvalue weighted by atomic mass is 10.0. The van der Waals surface area contributed by atoms with Gasteiger partial charge in [-0.1, -0.05) is 48.5 Å². The van der Waals surface area contributed by atoms with Crippen molar-refractivity contribution in [1.82, 2.24) is 4.57 Å². The van der Waals surface area contributed by atoms with Crippen LogP contribution in [0.5, 0.6) is 5.75 Å². The molecule has 31 heavy (non-hydrogen) atoms. The molecule has 3 aromatic carbocycles. The van der Waals surface area contributed by atoms with Crippen molar-refractivity contribution in [1.29, 1.82) is 0 Å². The number of ether oxygens (including phenoxy) is 1. The minimum Gasteiger partial charge on any atom is -0.491 e. The molecule has 0 atom stereocenters. The average Bonchev–Trinajstić information content (AvgIpc) is 3.28. The molecule has 4 aromatic rings. The van der Waals surface area contributed by atoms with Gasteiger partial charge in [0.25, 0.3) is 5.91 Å². The van der Waals surface area contributed by atoms with Crippen molar-refractivity contribution in [3.8, 4) is 5.75 Å². The highest BCUT2D eigenvalue weighted by Gasteiger charge is 2.23. The molecule has 1 aliphatic heterocycles. The summed E-state index contributed by atoms with van der Waals surface area (Å²) in [6, 6.07) is 22.4. The third-order valence-corrected chi connectivity index (χ3v) is 5.76. The zero-order valence-electron chi connectivity index (χ0n) is 17.7. The summed E-state index contributed by atoms with van der Waals surface area (Å²) >= 11 is 0. The molecule has 0 saturated heterocycles. The summed E-state index contributed by atoms with van der Waals surface area (Å²) in [7, 11) is 0. The predicted octanol–water partition coefficient (Wildman–Crippen LogP) is 5.83. The van der Waals surface area contributed by atoms with Gasteiger partial charge in [-0.2, -0.15) is 0 Å². The van der Waals surface area contributed by atoms with Crippen LogP contribution in [0.3, 0.4) is 0 Å². The first-order valence-electron chi connectivity index (χ1n) is 10.5. The van der Waals surface area contributed by atoms with Gasteiger partial charge >= 0.3 is 0 Å². The molecule has 0 spiro atoms. The van der Waals surface area contributed by atoms with Crippen LogP contribution in [0, 0.1) is 13.8 Å². The van der Waals surface area contributed by atoms with Gasteiger partial charge in [-0.05, 0) is 49.2 Å². The molecular formula is C27H24N2O2. The highest BCUT2D eigenvalue weighted by atomic mass is 16.5. The number of rotatable bonds is 5. The molecule has 1 N–H and O–H groups in total. The van der Waals surface area contributed by atoms with Crippen LogP contribution in [0.4, 0.5) is 5.69 Å². The SMILES string of the molecule is Cc1ccc(C)c(OCCn2cc(/C=C3/C(=O)Nc4ccccc43)c3ccccc32)c1. The van der Waals surface area contributed by atoms with Gasteiger partial charge in [-0.15, -0.1) is 0 Å². The van der Waals surface area contributed by atoms with Crippen molar-refractivity contribution < 1.29 is 9.53 Å². The van der Waals surface area contributed by atoms with Crippen molar-refractivity contribution in [3.05, 3.63) is 95.2 Å². The van der Waals surface area contributed by atoms with Crippen LogP contribution in [0.25, 0.3) is 22.6 Å². The standard InChI is InChI=1S/C27H24N2O2/c1-18-11-12-19(2)26(15-18)31-14-13-29-17-20(21-7-4-6-10-25(21)29)16-23-22-8-3-5-9-24(22)28-27(23)30/h3-12,15-17H,13-14H2,1-2H3,(H,28,30)/b23-16+. The molecule has 1 amide bonds. The second-order valence-corrected chi connectivity index (χ2v) is 7.97. The van der Waals surface area contributed by atoms with E-state index in [1.807, 2.05) is 42.5 Å². The molecule has 5 rings (SSSR count). The number of aromatic nitrogens is 1. The molecule has 0 bridgehead atoms. The van der Waals surface area contributed by atoms with Gasteiger partial charge in [0.15, 0.2) is 0 Å². The maximum absolute atomic E-state index is 12.6. The van der Waals surface area contributed by atoms with E-state index in [0.717, 1.165) is 45.6 Å². The van der Waals surface area contributed by atoms with E-state index in [2.05, 4.69) is 60.3 Å². The van der Waals surface area contributed by atoms with Gasteiger partial charge in [0.2, 0.25) is 0 Å². The molecule has 0 radical (unpaired) electrons. The molecule has 0 aliphatic carbocycles. The first kappa shape index (κ1) is 19.2. The lowest BCUT2D eigenvalue weighted by Gasteiger charge is -2.11. The number of carbonyl (C=O) groups is 1. The summed E-state index contributed by atoms with van der Waals surface area (Å²) < 4.78 is 8.28. The van der Waals surface area contributed by atoms with Crippen LogP contribution in [-0.2, 0) is 11.3 Å². The van der Waals surface area contributed by atoms with E-state index < -0.39 is 0 Å². The minimum absolute atomic E-state index is 0.0590. The number of para-hydroxylation sites is 2. The molecule has 0 saturated carbocycles. The van der Waals surface area contributed by atoms with Crippen LogP contribution in [0.1, 0.15) is 22.3 Å². The second kappa shape index (κ2) is 7.80. The number of aryl methyl sites for hydroxylation is 2. The number of fused-ring (bicyclic) bond motifs is 2. The molecular weight excluding hydrogens is 384 g/mol. The normalized spacial score (nSPS) is 14.1. The smallest absolute Gasteiger partial charge is 0.256 e.